The van der Waals surface area contributed by atoms with Crippen LogP contribution in [0.25, 0.3) is 0 Å². The van der Waals surface area contributed by atoms with E-state index in [4.69, 9.17) is 16.3 Å². The molecule has 2 unspecified atom stereocenters. The van der Waals surface area contributed by atoms with Gasteiger partial charge in [0.1, 0.15) is 0 Å². The number of alkyl halides is 1. The molecule has 2 bridgehead atoms. The lowest BCUT2D eigenvalue weighted by Crippen LogP contribution is -2.63. The molecule has 4 rings (SSSR count). The third-order valence-corrected chi connectivity index (χ3v) is 5.36. The summed E-state index contributed by atoms with van der Waals surface area (Å²) >= 11 is 6.17. The van der Waals surface area contributed by atoms with Crippen molar-refractivity contribution in [2.45, 2.75) is 31.8 Å². The Morgan fingerprint density at radius 3 is 2.60 bits per heavy atom. The number of halogens is 1. The van der Waals surface area contributed by atoms with Gasteiger partial charge in [0.25, 0.3) is 0 Å². The normalized spacial score (nSPS) is 49.8. The molecular weight excluding hydrogens is 210 g/mol. The minimum absolute atomic E-state index is 0.566. The maximum Gasteiger partial charge on any atom is 0.154 e. The maximum atomic E-state index is 6.17. The Kier molecular flexibility index (Phi) is 2.70. The number of fused-ring (bicyclic) bond motifs is 3. The van der Waals surface area contributed by atoms with Crippen LogP contribution < -0.4 is 0 Å². The minimum atomic E-state index is 0.566. The van der Waals surface area contributed by atoms with Crippen LogP contribution in [0.2, 0.25) is 0 Å². The average molecular weight is 231 g/mol. The van der Waals surface area contributed by atoms with Gasteiger partial charge in [0, 0.05) is 25.4 Å². The standard InChI is InChI=1S/C12H21ClNO/c13-9-14-5-3-10(4-6-14)11(8-14)12-2-1-7-15-12/h10-12H,1-9H2/q+1. The summed E-state index contributed by atoms with van der Waals surface area (Å²) in [7, 11) is 0. The average Bonchev–Trinajstić information content (AvgIpc) is 2.84. The molecule has 4 aliphatic heterocycles. The van der Waals surface area contributed by atoms with Gasteiger partial charge in [-0.3, -0.25) is 0 Å². The highest BCUT2D eigenvalue weighted by atomic mass is 35.5. The summed E-state index contributed by atoms with van der Waals surface area (Å²) in [5, 5.41) is 0. The highest BCUT2D eigenvalue weighted by Crippen LogP contribution is 2.42. The van der Waals surface area contributed by atoms with Gasteiger partial charge in [0.2, 0.25) is 0 Å². The zero-order valence-corrected chi connectivity index (χ0v) is 10.1. The van der Waals surface area contributed by atoms with E-state index in [1.165, 1.54) is 49.8 Å². The fourth-order valence-electron chi connectivity index (χ4n) is 3.87. The summed E-state index contributed by atoms with van der Waals surface area (Å²) in [6, 6.07) is 0.815. The summed E-state index contributed by atoms with van der Waals surface area (Å²) in [6.07, 6.45) is 5.91. The second-order valence-corrected chi connectivity index (χ2v) is 5.88. The molecular formula is C12H21ClNO+. The molecule has 0 spiro atoms. The van der Waals surface area contributed by atoms with Crippen molar-refractivity contribution in [2.24, 2.45) is 11.8 Å². The van der Waals surface area contributed by atoms with Crippen molar-refractivity contribution in [1.29, 1.82) is 0 Å². The molecule has 4 fully saturated rings. The van der Waals surface area contributed by atoms with Gasteiger partial charge < -0.3 is 9.22 Å². The lowest BCUT2D eigenvalue weighted by molar-refractivity contribution is -0.937. The molecule has 2 atom stereocenters. The van der Waals surface area contributed by atoms with Crippen LogP contribution in [0.1, 0.15) is 25.7 Å². The predicted octanol–water partition coefficient (Wildman–Crippen LogP) is 2.22. The molecule has 3 heteroatoms. The van der Waals surface area contributed by atoms with Crippen LogP contribution in [-0.4, -0.2) is 42.8 Å². The molecule has 2 nitrogen and oxygen atoms in total. The van der Waals surface area contributed by atoms with E-state index in [0.717, 1.165) is 24.4 Å². The van der Waals surface area contributed by atoms with Crippen LogP contribution in [0.4, 0.5) is 0 Å². The molecule has 0 amide bonds. The molecule has 0 radical (unpaired) electrons. The van der Waals surface area contributed by atoms with Crippen LogP contribution in [0, 0.1) is 11.8 Å². The largest absolute Gasteiger partial charge is 0.378 e. The Morgan fingerprint density at radius 2 is 2.00 bits per heavy atom. The van der Waals surface area contributed by atoms with Crippen LogP contribution in [0.3, 0.4) is 0 Å². The summed E-state index contributed by atoms with van der Waals surface area (Å²) in [4.78, 5) is 0. The smallest absolute Gasteiger partial charge is 0.154 e. The highest BCUT2D eigenvalue weighted by molar-refractivity contribution is 6.17. The van der Waals surface area contributed by atoms with Crippen LogP contribution in [0.5, 0.6) is 0 Å². The second-order valence-electron chi connectivity index (χ2n) is 5.64. The first kappa shape index (κ1) is 10.4. The SMILES string of the molecule is ClC[N+]12CCC(CC1)C(C1CCCO1)C2. The van der Waals surface area contributed by atoms with Crippen molar-refractivity contribution in [3.05, 3.63) is 0 Å². The number of hydrogen-bond acceptors (Lipinski definition) is 1. The van der Waals surface area contributed by atoms with Crippen molar-refractivity contribution in [1.82, 2.24) is 0 Å². The summed E-state index contributed by atoms with van der Waals surface area (Å²) in [5.41, 5.74) is 0. The predicted molar refractivity (Wildman–Crippen MR) is 60.8 cm³/mol. The zero-order valence-electron chi connectivity index (χ0n) is 9.33. The van der Waals surface area contributed by atoms with E-state index in [0.29, 0.717) is 6.10 Å². The lowest BCUT2D eigenvalue weighted by atomic mass is 9.74. The Bertz CT molecular complexity index is 230. The van der Waals surface area contributed by atoms with Crippen molar-refractivity contribution in [3.8, 4) is 0 Å². The van der Waals surface area contributed by atoms with Gasteiger partial charge in [-0.25, -0.2) is 0 Å². The molecule has 0 aromatic heterocycles. The number of quaternary nitrogens is 1. The van der Waals surface area contributed by atoms with Gasteiger partial charge in [-0.05, 0) is 18.8 Å². The Labute approximate surface area is 97.1 Å². The molecule has 0 saturated carbocycles. The van der Waals surface area contributed by atoms with E-state index < -0.39 is 0 Å². The maximum absolute atomic E-state index is 6.17. The molecule has 86 valence electrons. The van der Waals surface area contributed by atoms with Crippen molar-refractivity contribution in [2.75, 3.05) is 32.2 Å². The van der Waals surface area contributed by atoms with Gasteiger partial charge in [-0.15, -0.1) is 0 Å². The van der Waals surface area contributed by atoms with Crippen molar-refractivity contribution in [3.63, 3.8) is 0 Å². The Morgan fingerprint density at radius 1 is 1.20 bits per heavy atom. The molecule has 0 aliphatic carbocycles. The Balaban J connectivity index is 1.74. The lowest BCUT2D eigenvalue weighted by Gasteiger charge is -2.52. The van der Waals surface area contributed by atoms with E-state index in [1.807, 2.05) is 0 Å². The fourth-order valence-corrected chi connectivity index (χ4v) is 4.21. The van der Waals surface area contributed by atoms with E-state index in [1.54, 1.807) is 0 Å². The second kappa shape index (κ2) is 3.90. The highest BCUT2D eigenvalue weighted by Gasteiger charge is 2.48. The summed E-state index contributed by atoms with van der Waals surface area (Å²) in [5.74, 6) is 1.75. The van der Waals surface area contributed by atoms with Gasteiger partial charge in [-0.1, -0.05) is 11.6 Å². The third-order valence-electron chi connectivity index (χ3n) is 4.85. The third kappa shape index (κ3) is 1.71. The molecule has 0 N–H and O–H groups in total. The number of piperidine rings is 3. The minimum Gasteiger partial charge on any atom is -0.378 e. The monoisotopic (exact) mass is 230 g/mol. The fraction of sp³-hybridized carbons (Fsp3) is 1.00. The van der Waals surface area contributed by atoms with Crippen molar-refractivity contribution >= 4 is 11.6 Å². The topological polar surface area (TPSA) is 9.23 Å². The quantitative estimate of drug-likeness (QED) is 0.402. The molecule has 4 saturated heterocycles. The molecule has 0 aromatic carbocycles. The van der Waals surface area contributed by atoms with Crippen LogP contribution in [-0.2, 0) is 4.74 Å². The molecule has 0 aromatic rings. The van der Waals surface area contributed by atoms with E-state index in [9.17, 15) is 0 Å². The number of hydrogen-bond donors (Lipinski definition) is 0. The molecule has 4 aliphatic rings. The first-order valence-corrected chi connectivity index (χ1v) is 6.89. The first-order valence-electron chi connectivity index (χ1n) is 6.36. The first-order chi connectivity index (χ1) is 7.33. The molecule has 15 heavy (non-hydrogen) atoms. The van der Waals surface area contributed by atoms with Gasteiger partial charge in [0.05, 0.1) is 25.7 Å². The summed E-state index contributed by atoms with van der Waals surface area (Å²) in [6.45, 7) is 4.92. The van der Waals surface area contributed by atoms with E-state index >= 15 is 0 Å². The van der Waals surface area contributed by atoms with Gasteiger partial charge in [0.15, 0.2) is 6.00 Å². The number of ether oxygens (including phenoxy) is 1. The number of nitrogens with zero attached hydrogens (tertiary/aromatic N) is 1. The number of rotatable bonds is 2. The summed E-state index contributed by atoms with van der Waals surface area (Å²) < 4.78 is 7.05. The van der Waals surface area contributed by atoms with Crippen LogP contribution in [0.15, 0.2) is 0 Å². The van der Waals surface area contributed by atoms with Crippen molar-refractivity contribution < 1.29 is 9.22 Å². The Hall–Kier alpha value is 0.210. The van der Waals surface area contributed by atoms with E-state index in [-0.39, 0.29) is 0 Å². The zero-order chi connectivity index (χ0) is 10.3. The van der Waals surface area contributed by atoms with Gasteiger partial charge >= 0.3 is 0 Å². The molecule has 4 heterocycles. The van der Waals surface area contributed by atoms with E-state index in [2.05, 4.69) is 0 Å². The van der Waals surface area contributed by atoms with Gasteiger partial charge in [-0.2, -0.15) is 0 Å². The van der Waals surface area contributed by atoms with Crippen LogP contribution >= 0.6 is 11.6 Å².